The largest absolute Gasteiger partial charge is 0.480 e. The molecule has 0 radical (unpaired) electrons. The maximum absolute atomic E-state index is 13.8. The van der Waals surface area contributed by atoms with E-state index in [0.717, 1.165) is 35.1 Å². The summed E-state index contributed by atoms with van der Waals surface area (Å²) in [6, 6.07) is 14.4. The zero-order valence-electron chi connectivity index (χ0n) is 24.0. The van der Waals surface area contributed by atoms with E-state index in [9.17, 15) is 14.0 Å². The van der Waals surface area contributed by atoms with E-state index in [0.29, 0.717) is 13.1 Å². The molecule has 1 aliphatic heterocycles. The van der Waals surface area contributed by atoms with E-state index in [1.54, 1.807) is 4.90 Å². The molecule has 1 saturated heterocycles. The molecule has 8 nitrogen and oxygen atoms in total. The van der Waals surface area contributed by atoms with E-state index in [2.05, 4.69) is 15.3 Å². The molecular formula is C32H35FN4O4. The molecule has 2 amide bonds. The van der Waals surface area contributed by atoms with Crippen LogP contribution in [-0.4, -0.2) is 52.7 Å². The molecule has 5 rings (SSSR count). The van der Waals surface area contributed by atoms with Gasteiger partial charge in [-0.2, -0.15) is 0 Å². The second-order valence-corrected chi connectivity index (χ2v) is 11.9. The summed E-state index contributed by atoms with van der Waals surface area (Å²) >= 11 is 0. The van der Waals surface area contributed by atoms with Crippen LogP contribution in [0.15, 0.2) is 66.5 Å². The molecule has 1 spiro atoms. The van der Waals surface area contributed by atoms with Crippen molar-refractivity contribution in [1.29, 1.82) is 0 Å². The fourth-order valence-electron chi connectivity index (χ4n) is 5.51. The Hall–Kier alpha value is -4.27. The van der Waals surface area contributed by atoms with Gasteiger partial charge in [-0.15, -0.1) is 0 Å². The highest BCUT2D eigenvalue weighted by molar-refractivity contribution is 5.92. The van der Waals surface area contributed by atoms with E-state index < -0.39 is 5.60 Å². The van der Waals surface area contributed by atoms with Gasteiger partial charge in [0.25, 0.3) is 5.91 Å². The van der Waals surface area contributed by atoms with Crippen molar-refractivity contribution in [3.8, 4) is 5.88 Å². The van der Waals surface area contributed by atoms with Crippen LogP contribution < -0.4 is 10.1 Å². The van der Waals surface area contributed by atoms with Crippen LogP contribution in [0.3, 0.4) is 0 Å². The molecule has 1 aliphatic carbocycles. The molecule has 0 unspecified atom stereocenters. The van der Waals surface area contributed by atoms with Crippen molar-refractivity contribution in [3.63, 3.8) is 0 Å². The van der Waals surface area contributed by atoms with Gasteiger partial charge in [0, 0.05) is 18.5 Å². The molecule has 214 valence electrons. The standard InChI is InChI=1S/C32H35FN4O4/c1-20(35-29(38)26-16-34-17-27(36-26)40-5)21-6-8-22(9-7-21)28(23-10-12-25(33)13-11-23)24-14-32(15-24)18-37(19-32)30(39)41-31(2,3)4/h6-13,16-17,20H,14-15,18-19H2,1-5H3,(H,35,38)/t20-/m1/s1. The van der Waals surface area contributed by atoms with Gasteiger partial charge in [0.05, 0.1) is 25.5 Å². The van der Waals surface area contributed by atoms with E-state index in [4.69, 9.17) is 9.47 Å². The minimum absolute atomic E-state index is 0.0687. The number of benzene rings is 2. The fraction of sp³-hybridized carbons (Fsp3) is 0.375. The van der Waals surface area contributed by atoms with Crippen LogP contribution in [-0.2, 0) is 4.74 Å². The van der Waals surface area contributed by atoms with Crippen molar-refractivity contribution in [2.24, 2.45) is 5.41 Å². The zero-order valence-corrected chi connectivity index (χ0v) is 24.0. The lowest BCUT2D eigenvalue weighted by Gasteiger charge is -2.57. The molecular weight excluding hydrogens is 523 g/mol. The average molecular weight is 559 g/mol. The summed E-state index contributed by atoms with van der Waals surface area (Å²) in [6.07, 6.45) is 4.31. The normalized spacial score (nSPS) is 16.3. The van der Waals surface area contributed by atoms with Gasteiger partial charge in [-0.05, 0) is 74.9 Å². The Balaban J connectivity index is 1.31. The number of likely N-dealkylation sites (tertiary alicyclic amines) is 1. The van der Waals surface area contributed by atoms with Crippen molar-refractivity contribution in [3.05, 3.63) is 94.7 Å². The number of halogens is 1. The van der Waals surface area contributed by atoms with Crippen molar-refractivity contribution >= 4 is 17.6 Å². The number of amides is 2. The summed E-state index contributed by atoms with van der Waals surface area (Å²) in [7, 11) is 1.47. The van der Waals surface area contributed by atoms with Crippen molar-refractivity contribution in [2.75, 3.05) is 20.2 Å². The van der Waals surface area contributed by atoms with Gasteiger partial charge >= 0.3 is 6.09 Å². The minimum atomic E-state index is -0.518. The van der Waals surface area contributed by atoms with E-state index in [-0.39, 0.29) is 40.8 Å². The third-order valence-corrected chi connectivity index (χ3v) is 7.47. The maximum atomic E-state index is 13.8. The number of nitrogens with zero attached hydrogens (tertiary/aromatic N) is 3. The number of rotatable bonds is 6. The molecule has 2 heterocycles. The second-order valence-electron chi connectivity index (χ2n) is 11.9. The number of hydrogen-bond donors (Lipinski definition) is 1. The highest BCUT2D eigenvalue weighted by Gasteiger charge is 2.53. The molecule has 1 N–H and O–H groups in total. The third-order valence-electron chi connectivity index (χ3n) is 7.47. The van der Waals surface area contributed by atoms with Crippen molar-refractivity contribution in [2.45, 2.75) is 52.2 Å². The molecule has 1 aromatic heterocycles. The highest BCUT2D eigenvalue weighted by Crippen LogP contribution is 2.54. The first-order valence-corrected chi connectivity index (χ1v) is 13.7. The van der Waals surface area contributed by atoms with Crippen LogP contribution in [0.1, 0.15) is 73.8 Å². The molecule has 9 heteroatoms. The summed E-state index contributed by atoms with van der Waals surface area (Å²) in [6.45, 7) is 8.87. The van der Waals surface area contributed by atoms with Gasteiger partial charge in [0.2, 0.25) is 5.88 Å². The molecule has 0 bridgehead atoms. The highest BCUT2D eigenvalue weighted by atomic mass is 19.1. The van der Waals surface area contributed by atoms with E-state index in [1.165, 1.54) is 37.2 Å². The smallest absolute Gasteiger partial charge is 0.410 e. The van der Waals surface area contributed by atoms with Gasteiger partial charge in [-0.25, -0.2) is 14.2 Å². The van der Waals surface area contributed by atoms with Gasteiger partial charge in [0.1, 0.15) is 17.1 Å². The quantitative estimate of drug-likeness (QED) is 0.402. The van der Waals surface area contributed by atoms with Crippen LogP contribution in [0.25, 0.3) is 5.57 Å². The SMILES string of the molecule is COc1cncc(C(=O)N[C@H](C)c2ccc(C(=C3CC4(C3)CN(C(=O)OC(C)(C)C)C4)c3ccc(F)cc3)cc2)n1. The number of hydrogen-bond acceptors (Lipinski definition) is 6. The average Bonchev–Trinajstić information content (AvgIpc) is 2.89. The lowest BCUT2D eigenvalue weighted by Crippen LogP contribution is -2.62. The molecule has 1 saturated carbocycles. The number of ether oxygens (including phenoxy) is 2. The third kappa shape index (κ3) is 6.24. The van der Waals surface area contributed by atoms with Gasteiger partial charge in [-0.3, -0.25) is 9.78 Å². The lowest BCUT2D eigenvalue weighted by molar-refractivity contribution is -0.0500. The van der Waals surface area contributed by atoms with E-state index >= 15 is 0 Å². The predicted molar refractivity (Wildman–Crippen MR) is 153 cm³/mol. The van der Waals surface area contributed by atoms with Gasteiger partial charge in [-0.1, -0.05) is 42.0 Å². The minimum Gasteiger partial charge on any atom is -0.480 e. The van der Waals surface area contributed by atoms with Crippen LogP contribution >= 0.6 is 0 Å². The first kappa shape index (κ1) is 28.3. The molecule has 2 aromatic carbocycles. The molecule has 41 heavy (non-hydrogen) atoms. The molecule has 3 aromatic rings. The number of carbonyl (C=O) groups excluding carboxylic acids is 2. The lowest BCUT2D eigenvalue weighted by atomic mass is 9.59. The first-order chi connectivity index (χ1) is 19.4. The molecule has 2 fully saturated rings. The topological polar surface area (TPSA) is 93.7 Å². The maximum Gasteiger partial charge on any atom is 0.410 e. The number of carbonyl (C=O) groups is 2. The summed E-state index contributed by atoms with van der Waals surface area (Å²) in [5.41, 5.74) is 4.99. The number of methoxy groups -OCH3 is 1. The van der Waals surface area contributed by atoms with Crippen LogP contribution in [0.4, 0.5) is 9.18 Å². The Bertz CT molecular complexity index is 1460. The summed E-state index contributed by atoms with van der Waals surface area (Å²) in [5.74, 6) is -0.355. The van der Waals surface area contributed by atoms with Crippen LogP contribution in [0.2, 0.25) is 0 Å². The van der Waals surface area contributed by atoms with Crippen molar-refractivity contribution in [1.82, 2.24) is 20.2 Å². The second kappa shape index (κ2) is 11.0. The number of allylic oxidation sites excluding steroid dienone is 1. The van der Waals surface area contributed by atoms with Gasteiger partial charge < -0.3 is 19.7 Å². The Labute approximate surface area is 239 Å². The Morgan fingerprint density at radius 1 is 1.00 bits per heavy atom. The van der Waals surface area contributed by atoms with Gasteiger partial charge in [0.15, 0.2) is 0 Å². The summed E-state index contributed by atoms with van der Waals surface area (Å²) in [5, 5.41) is 2.96. The van der Waals surface area contributed by atoms with E-state index in [1.807, 2.05) is 64.1 Å². The Morgan fingerprint density at radius 3 is 2.20 bits per heavy atom. The summed E-state index contributed by atoms with van der Waals surface area (Å²) in [4.78, 5) is 35.1. The van der Waals surface area contributed by atoms with Crippen LogP contribution in [0, 0.1) is 11.2 Å². The first-order valence-electron chi connectivity index (χ1n) is 13.7. The Morgan fingerprint density at radius 2 is 1.61 bits per heavy atom. The van der Waals surface area contributed by atoms with Crippen LogP contribution in [0.5, 0.6) is 5.88 Å². The fourth-order valence-corrected chi connectivity index (χ4v) is 5.51. The molecule has 2 aliphatic rings. The number of aromatic nitrogens is 2. The Kier molecular flexibility index (Phi) is 7.55. The van der Waals surface area contributed by atoms with Crippen molar-refractivity contribution < 1.29 is 23.5 Å². The monoisotopic (exact) mass is 558 g/mol. The summed E-state index contributed by atoms with van der Waals surface area (Å²) < 4.78 is 24.3. The number of nitrogens with one attached hydrogen (secondary N) is 1. The predicted octanol–water partition coefficient (Wildman–Crippen LogP) is 5.95. The zero-order chi connectivity index (χ0) is 29.4. The molecule has 1 atom stereocenters.